The minimum absolute atomic E-state index is 0.132. The predicted octanol–water partition coefficient (Wildman–Crippen LogP) is 2.67. The van der Waals surface area contributed by atoms with Crippen molar-refractivity contribution in [1.29, 1.82) is 0 Å². The number of aromatic hydroxyl groups is 1. The highest BCUT2D eigenvalue weighted by molar-refractivity contribution is 6.15. The summed E-state index contributed by atoms with van der Waals surface area (Å²) in [6.45, 7) is 2.87. The number of rotatable bonds is 3. The number of likely N-dealkylation sites (tertiary alicyclic amines) is 1. The minimum atomic E-state index is -0.132. The van der Waals surface area contributed by atoms with Gasteiger partial charge in [-0.2, -0.15) is 0 Å². The number of hydrogen-bond donors (Lipinski definition) is 3. The van der Waals surface area contributed by atoms with E-state index in [2.05, 4.69) is 4.98 Å². The Kier molecular flexibility index (Phi) is 3.76. The van der Waals surface area contributed by atoms with E-state index in [4.69, 9.17) is 4.74 Å². The summed E-state index contributed by atoms with van der Waals surface area (Å²) >= 11 is 0. The minimum Gasteiger partial charge on any atom is -0.507 e. The summed E-state index contributed by atoms with van der Waals surface area (Å²) < 4.78 is 5.99. The number of para-hydroxylation sites is 1. The first-order chi connectivity index (χ1) is 13.2. The van der Waals surface area contributed by atoms with Crippen LogP contribution < -0.4 is 9.64 Å². The highest BCUT2D eigenvalue weighted by atomic mass is 16.5. The lowest BCUT2D eigenvalue weighted by molar-refractivity contribution is -0.901. The van der Waals surface area contributed by atoms with Gasteiger partial charge in [-0.05, 0) is 24.3 Å². The molecule has 5 heteroatoms. The fraction of sp³-hybridized carbons (Fsp3) is 0.227. The standard InChI is InChI=1S/C22H20N2O3/c25-19-8-7-16-21(26)20(11-14-12-23-18-6-2-1-5-15(14)18)27-22(16)17(19)13-24-9-3-4-10-24/h1-2,5-8,11-12,23,25H,3-4,9-10,13H2/p+1/b20-11+. The Balaban J connectivity index is 1.53. The van der Waals surface area contributed by atoms with Gasteiger partial charge in [-0.3, -0.25) is 4.79 Å². The fourth-order valence-corrected chi connectivity index (χ4v) is 4.12. The van der Waals surface area contributed by atoms with Crippen molar-refractivity contribution in [3.63, 3.8) is 0 Å². The van der Waals surface area contributed by atoms with Crippen molar-refractivity contribution in [3.8, 4) is 11.5 Å². The third-order valence-electron chi connectivity index (χ3n) is 5.56. The summed E-state index contributed by atoms with van der Waals surface area (Å²) in [7, 11) is 0. The fourth-order valence-electron chi connectivity index (χ4n) is 4.12. The number of fused-ring (bicyclic) bond motifs is 2. The van der Waals surface area contributed by atoms with Crippen molar-refractivity contribution in [1.82, 2.24) is 4.98 Å². The highest BCUT2D eigenvalue weighted by Crippen LogP contribution is 2.39. The van der Waals surface area contributed by atoms with Gasteiger partial charge in [-0.15, -0.1) is 0 Å². The molecule has 0 bridgehead atoms. The Morgan fingerprint density at radius 3 is 2.81 bits per heavy atom. The number of allylic oxidation sites excluding steroid dienone is 1. The van der Waals surface area contributed by atoms with Crippen LogP contribution in [-0.2, 0) is 6.54 Å². The van der Waals surface area contributed by atoms with Crippen molar-refractivity contribution in [2.24, 2.45) is 0 Å². The number of aromatic nitrogens is 1. The molecule has 0 unspecified atom stereocenters. The zero-order chi connectivity index (χ0) is 18.4. The molecule has 0 atom stereocenters. The van der Waals surface area contributed by atoms with E-state index >= 15 is 0 Å². The summed E-state index contributed by atoms with van der Waals surface area (Å²) in [5, 5.41) is 11.4. The Morgan fingerprint density at radius 2 is 1.96 bits per heavy atom. The maximum absolute atomic E-state index is 12.9. The van der Waals surface area contributed by atoms with Crippen molar-refractivity contribution in [3.05, 3.63) is 65.0 Å². The highest BCUT2D eigenvalue weighted by Gasteiger charge is 2.33. The molecule has 1 aromatic heterocycles. The molecule has 0 saturated carbocycles. The predicted molar refractivity (Wildman–Crippen MR) is 103 cm³/mol. The smallest absolute Gasteiger partial charge is 0.231 e. The Hall–Kier alpha value is -3.05. The van der Waals surface area contributed by atoms with Gasteiger partial charge in [-0.1, -0.05) is 18.2 Å². The summed E-state index contributed by atoms with van der Waals surface area (Å²) in [4.78, 5) is 17.5. The number of ether oxygens (including phenoxy) is 1. The topological polar surface area (TPSA) is 66.8 Å². The lowest BCUT2D eigenvalue weighted by Gasteiger charge is -2.15. The number of aromatic amines is 1. The second-order valence-electron chi connectivity index (χ2n) is 7.30. The number of phenolic OH excluding ortho intramolecular Hbond substituents is 1. The molecule has 2 aromatic carbocycles. The van der Waals surface area contributed by atoms with Crippen molar-refractivity contribution >= 4 is 22.8 Å². The molecule has 5 nitrogen and oxygen atoms in total. The lowest BCUT2D eigenvalue weighted by atomic mass is 10.0. The lowest BCUT2D eigenvalue weighted by Crippen LogP contribution is -3.08. The average Bonchev–Trinajstić information content (AvgIpc) is 3.39. The number of Topliss-reactive ketones (excluding diaryl/α,β-unsaturated/α-hetero) is 1. The van der Waals surface area contributed by atoms with Gasteiger partial charge in [-0.25, -0.2) is 0 Å². The number of benzene rings is 2. The summed E-state index contributed by atoms with van der Waals surface area (Å²) in [6.07, 6.45) is 6.07. The van der Waals surface area contributed by atoms with Crippen LogP contribution in [-0.4, -0.2) is 29.0 Å². The van der Waals surface area contributed by atoms with E-state index < -0.39 is 0 Å². The number of H-pyrrole nitrogens is 1. The molecule has 0 amide bonds. The van der Waals surface area contributed by atoms with E-state index in [-0.39, 0.29) is 11.5 Å². The largest absolute Gasteiger partial charge is 0.507 e. The number of quaternary nitrogens is 1. The molecule has 1 saturated heterocycles. The first-order valence-electron chi connectivity index (χ1n) is 9.39. The maximum atomic E-state index is 12.9. The van der Waals surface area contributed by atoms with Crippen LogP contribution >= 0.6 is 0 Å². The molecule has 0 radical (unpaired) electrons. The summed E-state index contributed by atoms with van der Waals surface area (Å²) in [6, 6.07) is 11.2. The van der Waals surface area contributed by atoms with Crippen molar-refractivity contribution in [2.75, 3.05) is 13.1 Å². The van der Waals surface area contributed by atoms with E-state index in [0.717, 1.165) is 35.1 Å². The van der Waals surface area contributed by atoms with Crippen LogP contribution in [0.1, 0.15) is 34.3 Å². The van der Waals surface area contributed by atoms with Gasteiger partial charge in [0.2, 0.25) is 5.78 Å². The number of phenols is 1. The molecule has 3 N–H and O–H groups in total. The van der Waals surface area contributed by atoms with Crippen molar-refractivity contribution in [2.45, 2.75) is 19.4 Å². The maximum Gasteiger partial charge on any atom is 0.231 e. The number of carbonyl (C=O) groups is 1. The van der Waals surface area contributed by atoms with E-state index in [1.54, 1.807) is 18.2 Å². The van der Waals surface area contributed by atoms with Crippen LogP contribution in [0.2, 0.25) is 0 Å². The van der Waals surface area contributed by atoms with Gasteiger partial charge in [0, 0.05) is 35.5 Å². The SMILES string of the molecule is O=C1/C(=C\c2c[nH]c3ccccc23)Oc2c1ccc(O)c2C[NH+]1CCCC1. The van der Waals surface area contributed by atoms with E-state index in [9.17, 15) is 9.90 Å². The van der Waals surface area contributed by atoms with Gasteiger partial charge < -0.3 is 19.7 Å². The molecule has 2 aliphatic rings. The van der Waals surface area contributed by atoms with E-state index in [0.29, 0.717) is 23.6 Å². The third kappa shape index (κ3) is 2.71. The molecule has 5 rings (SSSR count). The molecular weight excluding hydrogens is 340 g/mol. The molecule has 0 aliphatic carbocycles. The number of nitrogens with one attached hydrogen (secondary N) is 2. The van der Waals surface area contributed by atoms with Crippen LogP contribution in [0.25, 0.3) is 17.0 Å². The van der Waals surface area contributed by atoms with E-state index in [1.165, 1.54) is 17.7 Å². The first kappa shape index (κ1) is 16.1. The summed E-state index contributed by atoms with van der Waals surface area (Å²) in [5.74, 6) is 0.894. The molecule has 0 spiro atoms. The normalized spacial score (nSPS) is 18.4. The van der Waals surface area contributed by atoms with Gasteiger partial charge in [0.05, 0.1) is 24.2 Å². The number of ketones is 1. The summed E-state index contributed by atoms with van der Waals surface area (Å²) in [5.41, 5.74) is 3.20. The number of carbonyl (C=O) groups excluding carboxylic acids is 1. The van der Waals surface area contributed by atoms with Gasteiger partial charge in [0.1, 0.15) is 12.3 Å². The monoisotopic (exact) mass is 361 g/mol. The second-order valence-corrected chi connectivity index (χ2v) is 7.30. The average molecular weight is 361 g/mol. The Morgan fingerprint density at radius 1 is 1.15 bits per heavy atom. The van der Waals surface area contributed by atoms with Crippen LogP contribution in [0.3, 0.4) is 0 Å². The Bertz CT molecular complexity index is 1070. The molecule has 136 valence electrons. The van der Waals surface area contributed by atoms with Crippen LogP contribution in [0, 0.1) is 0 Å². The molecule has 2 aliphatic heterocycles. The van der Waals surface area contributed by atoms with Crippen LogP contribution in [0.4, 0.5) is 0 Å². The molecular formula is C22H21N2O3+. The zero-order valence-electron chi connectivity index (χ0n) is 14.9. The molecule has 3 heterocycles. The molecule has 27 heavy (non-hydrogen) atoms. The first-order valence-corrected chi connectivity index (χ1v) is 9.39. The zero-order valence-corrected chi connectivity index (χ0v) is 14.9. The number of hydrogen-bond acceptors (Lipinski definition) is 3. The quantitative estimate of drug-likeness (QED) is 0.629. The van der Waals surface area contributed by atoms with E-state index in [1.807, 2.05) is 30.5 Å². The second kappa shape index (κ2) is 6.28. The molecule has 3 aromatic rings. The van der Waals surface area contributed by atoms with Gasteiger partial charge >= 0.3 is 0 Å². The molecule has 1 fully saturated rings. The van der Waals surface area contributed by atoms with Gasteiger partial charge in [0.15, 0.2) is 11.5 Å². The van der Waals surface area contributed by atoms with Gasteiger partial charge in [0.25, 0.3) is 0 Å². The third-order valence-corrected chi connectivity index (χ3v) is 5.56. The van der Waals surface area contributed by atoms with Crippen molar-refractivity contribution < 1.29 is 19.5 Å². The van der Waals surface area contributed by atoms with Crippen LogP contribution in [0.5, 0.6) is 11.5 Å². The Labute approximate surface area is 156 Å². The van der Waals surface area contributed by atoms with Crippen LogP contribution in [0.15, 0.2) is 48.4 Å².